The van der Waals surface area contributed by atoms with Crippen LogP contribution in [0.25, 0.3) is 0 Å². The highest BCUT2D eigenvalue weighted by molar-refractivity contribution is 7.89. The van der Waals surface area contributed by atoms with E-state index in [4.69, 9.17) is 4.74 Å². The smallest absolute Gasteiger partial charge is 0.255 e. The average Bonchev–Trinajstić information content (AvgIpc) is 2.62. The Morgan fingerprint density at radius 3 is 2.65 bits per heavy atom. The molecule has 2 aromatic rings. The van der Waals surface area contributed by atoms with Crippen LogP contribution < -0.4 is 5.32 Å². The Kier molecular flexibility index (Phi) is 5.36. The molecule has 0 aliphatic carbocycles. The first kappa shape index (κ1) is 18.5. The molecule has 1 amide bonds. The van der Waals surface area contributed by atoms with Crippen molar-refractivity contribution in [2.45, 2.75) is 17.9 Å². The molecule has 1 N–H and O–H groups in total. The number of nitrogens with zero attached hydrogens (tertiary/aromatic N) is 1. The summed E-state index contributed by atoms with van der Waals surface area (Å²) in [7, 11) is -3.67. The van der Waals surface area contributed by atoms with Gasteiger partial charge in [0.05, 0.1) is 17.6 Å². The molecule has 0 aromatic heterocycles. The zero-order valence-corrected chi connectivity index (χ0v) is 15.0. The second-order valence-corrected chi connectivity index (χ2v) is 7.97. The molecular formula is C18H19FN2O4S. The maximum Gasteiger partial charge on any atom is 0.255 e. The predicted octanol–water partition coefficient (Wildman–Crippen LogP) is 2.49. The summed E-state index contributed by atoms with van der Waals surface area (Å²) in [5, 5.41) is 2.63. The lowest BCUT2D eigenvalue weighted by atomic mass is 10.2. The van der Waals surface area contributed by atoms with Gasteiger partial charge in [-0.05, 0) is 49.4 Å². The molecule has 3 rings (SSSR count). The van der Waals surface area contributed by atoms with Gasteiger partial charge in [-0.2, -0.15) is 4.31 Å². The van der Waals surface area contributed by atoms with Gasteiger partial charge in [-0.15, -0.1) is 0 Å². The first-order valence-corrected chi connectivity index (χ1v) is 9.59. The molecule has 0 spiro atoms. The summed E-state index contributed by atoms with van der Waals surface area (Å²) >= 11 is 0. The topological polar surface area (TPSA) is 75.7 Å². The minimum atomic E-state index is -3.67. The van der Waals surface area contributed by atoms with E-state index in [1.807, 2.05) is 6.92 Å². The van der Waals surface area contributed by atoms with Crippen molar-refractivity contribution >= 4 is 21.6 Å². The van der Waals surface area contributed by atoms with Gasteiger partial charge in [0.1, 0.15) is 5.82 Å². The van der Waals surface area contributed by atoms with Crippen molar-refractivity contribution in [3.63, 3.8) is 0 Å². The van der Waals surface area contributed by atoms with Crippen molar-refractivity contribution in [3.05, 3.63) is 59.9 Å². The summed E-state index contributed by atoms with van der Waals surface area (Å²) in [4.78, 5) is 12.3. The molecular weight excluding hydrogens is 359 g/mol. The Balaban J connectivity index is 1.79. The lowest BCUT2D eigenvalue weighted by molar-refractivity contribution is 0.0102. The summed E-state index contributed by atoms with van der Waals surface area (Å²) in [5.41, 5.74) is 0.628. The third-order valence-electron chi connectivity index (χ3n) is 4.04. The number of carbonyl (C=O) groups is 1. The zero-order valence-electron chi connectivity index (χ0n) is 14.2. The monoisotopic (exact) mass is 378 g/mol. The summed E-state index contributed by atoms with van der Waals surface area (Å²) in [6, 6.07) is 11.2. The van der Waals surface area contributed by atoms with Crippen LogP contribution in [0.3, 0.4) is 0 Å². The lowest BCUT2D eigenvalue weighted by Crippen LogP contribution is -2.44. The second kappa shape index (κ2) is 7.53. The molecule has 6 nitrogen and oxygen atoms in total. The van der Waals surface area contributed by atoms with E-state index in [1.165, 1.54) is 40.7 Å². The summed E-state index contributed by atoms with van der Waals surface area (Å²) < 4.78 is 45.3. The van der Waals surface area contributed by atoms with Gasteiger partial charge in [-0.25, -0.2) is 12.8 Å². The highest BCUT2D eigenvalue weighted by Crippen LogP contribution is 2.22. The SMILES string of the molecule is CC1CN(S(=O)(=O)c2cccc(NC(=O)c3ccc(F)cc3)c2)CCO1. The van der Waals surface area contributed by atoms with E-state index in [-0.39, 0.29) is 23.1 Å². The van der Waals surface area contributed by atoms with Crippen molar-refractivity contribution in [1.82, 2.24) is 4.31 Å². The molecule has 1 aliphatic rings. The molecule has 1 aliphatic heterocycles. The minimum Gasteiger partial charge on any atom is -0.376 e. The number of anilines is 1. The van der Waals surface area contributed by atoms with E-state index in [0.29, 0.717) is 18.8 Å². The van der Waals surface area contributed by atoms with E-state index in [9.17, 15) is 17.6 Å². The van der Waals surface area contributed by atoms with Gasteiger partial charge in [0.2, 0.25) is 10.0 Å². The van der Waals surface area contributed by atoms with Gasteiger partial charge in [0.25, 0.3) is 5.91 Å². The fourth-order valence-electron chi connectivity index (χ4n) is 2.69. The molecule has 1 atom stereocenters. The van der Waals surface area contributed by atoms with Crippen LogP contribution in [-0.4, -0.2) is 44.4 Å². The number of morpholine rings is 1. The molecule has 26 heavy (non-hydrogen) atoms. The molecule has 138 valence electrons. The van der Waals surface area contributed by atoms with Gasteiger partial charge >= 0.3 is 0 Å². The first-order valence-electron chi connectivity index (χ1n) is 8.15. The Morgan fingerprint density at radius 2 is 1.96 bits per heavy atom. The maximum absolute atomic E-state index is 13.0. The van der Waals surface area contributed by atoms with Crippen molar-refractivity contribution in [2.75, 3.05) is 25.0 Å². The molecule has 0 bridgehead atoms. The Hall–Kier alpha value is -2.29. The zero-order chi connectivity index (χ0) is 18.7. The van der Waals surface area contributed by atoms with Gasteiger partial charge < -0.3 is 10.1 Å². The number of sulfonamides is 1. The molecule has 0 radical (unpaired) electrons. The molecule has 1 fully saturated rings. The standard InChI is InChI=1S/C18H19FN2O4S/c1-13-12-21(9-10-25-13)26(23,24)17-4-2-3-16(11-17)20-18(22)14-5-7-15(19)8-6-14/h2-8,11,13H,9-10,12H2,1H3,(H,20,22). The van der Waals surface area contributed by atoms with E-state index in [0.717, 1.165) is 0 Å². The molecule has 8 heteroatoms. The first-order chi connectivity index (χ1) is 12.4. The second-order valence-electron chi connectivity index (χ2n) is 6.03. The fraction of sp³-hybridized carbons (Fsp3) is 0.278. The van der Waals surface area contributed by atoms with Crippen LogP contribution in [0.1, 0.15) is 17.3 Å². The number of halogens is 1. The average molecular weight is 378 g/mol. The number of rotatable bonds is 4. The highest BCUT2D eigenvalue weighted by atomic mass is 32.2. The fourth-order valence-corrected chi connectivity index (χ4v) is 4.24. The highest BCUT2D eigenvalue weighted by Gasteiger charge is 2.29. The molecule has 2 aromatic carbocycles. The van der Waals surface area contributed by atoms with Crippen LogP contribution in [0.4, 0.5) is 10.1 Å². The van der Waals surface area contributed by atoms with E-state index in [2.05, 4.69) is 5.32 Å². The number of amides is 1. The van der Waals surface area contributed by atoms with Crippen molar-refractivity contribution in [2.24, 2.45) is 0 Å². The quantitative estimate of drug-likeness (QED) is 0.887. The molecule has 1 unspecified atom stereocenters. The number of hydrogen-bond donors (Lipinski definition) is 1. The third-order valence-corrected chi connectivity index (χ3v) is 5.90. The van der Waals surface area contributed by atoms with E-state index >= 15 is 0 Å². The Labute approximate surface area is 151 Å². The summed E-state index contributed by atoms with van der Waals surface area (Å²) in [6.07, 6.45) is -0.167. The molecule has 0 saturated carbocycles. The maximum atomic E-state index is 13.0. The van der Waals surface area contributed by atoms with Crippen LogP contribution in [0.5, 0.6) is 0 Å². The Bertz CT molecular complexity index is 900. The summed E-state index contributed by atoms with van der Waals surface area (Å²) in [6.45, 7) is 2.75. The minimum absolute atomic E-state index is 0.100. The van der Waals surface area contributed by atoms with Crippen LogP contribution in [0.15, 0.2) is 53.4 Å². The van der Waals surface area contributed by atoms with E-state index in [1.54, 1.807) is 12.1 Å². The predicted molar refractivity (Wildman–Crippen MR) is 95.0 cm³/mol. The van der Waals surface area contributed by atoms with Gasteiger partial charge in [-0.1, -0.05) is 6.07 Å². The largest absolute Gasteiger partial charge is 0.376 e. The number of hydrogen-bond acceptors (Lipinski definition) is 4. The lowest BCUT2D eigenvalue weighted by Gasteiger charge is -2.30. The number of benzene rings is 2. The van der Waals surface area contributed by atoms with Crippen molar-refractivity contribution < 1.29 is 22.3 Å². The van der Waals surface area contributed by atoms with Crippen LogP contribution in [-0.2, 0) is 14.8 Å². The van der Waals surface area contributed by atoms with Crippen LogP contribution in [0.2, 0.25) is 0 Å². The van der Waals surface area contributed by atoms with Gasteiger partial charge in [-0.3, -0.25) is 4.79 Å². The van der Waals surface area contributed by atoms with Crippen molar-refractivity contribution in [3.8, 4) is 0 Å². The van der Waals surface area contributed by atoms with Crippen LogP contribution >= 0.6 is 0 Å². The summed E-state index contributed by atoms with van der Waals surface area (Å²) in [5.74, 6) is -0.881. The third kappa shape index (κ3) is 4.09. The Morgan fingerprint density at radius 1 is 1.23 bits per heavy atom. The normalized spacial score (nSPS) is 18.5. The number of nitrogens with one attached hydrogen (secondary N) is 1. The molecule has 1 heterocycles. The number of carbonyl (C=O) groups excluding carboxylic acids is 1. The van der Waals surface area contributed by atoms with Gasteiger partial charge in [0, 0.05) is 24.3 Å². The number of ether oxygens (including phenoxy) is 1. The van der Waals surface area contributed by atoms with Gasteiger partial charge in [0.15, 0.2) is 0 Å². The van der Waals surface area contributed by atoms with Crippen LogP contribution in [0, 0.1) is 5.82 Å². The van der Waals surface area contributed by atoms with Crippen molar-refractivity contribution in [1.29, 1.82) is 0 Å². The molecule has 1 saturated heterocycles. The van der Waals surface area contributed by atoms with E-state index < -0.39 is 21.7 Å².